The van der Waals surface area contributed by atoms with Crippen molar-refractivity contribution in [3.05, 3.63) is 106 Å². The van der Waals surface area contributed by atoms with Crippen LogP contribution >= 0.6 is 11.6 Å². The predicted octanol–water partition coefficient (Wildman–Crippen LogP) is 5.18. The molecule has 1 aliphatic rings. The minimum absolute atomic E-state index is 0.116. The molecule has 1 atom stereocenters. The summed E-state index contributed by atoms with van der Waals surface area (Å²) in [5, 5.41) is 5.54. The SMILES string of the molecule is CC(C)OC(=O)c1ccc(N2C(=O)C(Cl)=C(Nc3cccc(C(=O)NC(C)c4ccccc4)c3)C2=O)cc1. The molecule has 0 saturated carbocycles. The Morgan fingerprint density at radius 2 is 1.53 bits per heavy atom. The summed E-state index contributed by atoms with van der Waals surface area (Å²) in [6, 6.07) is 21.8. The van der Waals surface area contributed by atoms with Crippen molar-refractivity contribution in [1.82, 2.24) is 5.32 Å². The van der Waals surface area contributed by atoms with Crippen molar-refractivity contribution in [1.29, 1.82) is 0 Å². The molecule has 0 fully saturated rings. The van der Waals surface area contributed by atoms with Crippen LogP contribution in [-0.4, -0.2) is 29.8 Å². The molecule has 0 bridgehead atoms. The highest BCUT2D eigenvalue weighted by atomic mass is 35.5. The van der Waals surface area contributed by atoms with Gasteiger partial charge in [0, 0.05) is 11.3 Å². The molecule has 8 nitrogen and oxygen atoms in total. The molecule has 0 saturated heterocycles. The van der Waals surface area contributed by atoms with Gasteiger partial charge in [0.15, 0.2) is 0 Å². The lowest BCUT2D eigenvalue weighted by Gasteiger charge is -2.16. The number of amides is 3. The van der Waals surface area contributed by atoms with Gasteiger partial charge in [0.2, 0.25) is 0 Å². The number of benzene rings is 3. The Balaban J connectivity index is 1.47. The van der Waals surface area contributed by atoms with Gasteiger partial charge in [-0.05, 0) is 68.8 Å². The van der Waals surface area contributed by atoms with Gasteiger partial charge in [-0.3, -0.25) is 14.4 Å². The highest BCUT2D eigenvalue weighted by Crippen LogP contribution is 2.30. The summed E-state index contributed by atoms with van der Waals surface area (Å²) in [5.74, 6) is -2.17. The van der Waals surface area contributed by atoms with Crippen molar-refractivity contribution < 1.29 is 23.9 Å². The molecule has 0 spiro atoms. The number of hydrogen-bond donors (Lipinski definition) is 2. The first kappa shape index (κ1) is 26.6. The van der Waals surface area contributed by atoms with Gasteiger partial charge in [0.05, 0.1) is 23.4 Å². The van der Waals surface area contributed by atoms with E-state index < -0.39 is 17.8 Å². The van der Waals surface area contributed by atoms with E-state index in [1.807, 2.05) is 37.3 Å². The number of rotatable bonds is 8. The summed E-state index contributed by atoms with van der Waals surface area (Å²) in [4.78, 5) is 51.8. The number of carbonyl (C=O) groups is 4. The van der Waals surface area contributed by atoms with Crippen LogP contribution in [-0.2, 0) is 14.3 Å². The molecular formula is C29H26ClN3O5. The molecule has 0 aromatic heterocycles. The summed E-state index contributed by atoms with van der Waals surface area (Å²) in [6.07, 6.45) is -0.280. The summed E-state index contributed by atoms with van der Waals surface area (Å²) >= 11 is 6.25. The number of imide groups is 1. The van der Waals surface area contributed by atoms with E-state index in [1.54, 1.807) is 38.1 Å². The maximum atomic E-state index is 13.1. The monoisotopic (exact) mass is 531 g/mol. The molecule has 194 valence electrons. The minimum Gasteiger partial charge on any atom is -0.459 e. The number of anilines is 2. The van der Waals surface area contributed by atoms with Crippen molar-refractivity contribution in [3.63, 3.8) is 0 Å². The minimum atomic E-state index is -0.706. The van der Waals surface area contributed by atoms with Crippen LogP contribution in [0.2, 0.25) is 0 Å². The van der Waals surface area contributed by atoms with E-state index in [-0.39, 0.29) is 40.0 Å². The molecule has 0 aliphatic carbocycles. The number of carbonyl (C=O) groups excluding carboxylic acids is 4. The van der Waals surface area contributed by atoms with Crippen LogP contribution in [0.1, 0.15) is 53.1 Å². The van der Waals surface area contributed by atoms with Gasteiger partial charge in [-0.25, -0.2) is 9.69 Å². The van der Waals surface area contributed by atoms with Gasteiger partial charge in [0.25, 0.3) is 17.7 Å². The average Bonchev–Trinajstić information content (AvgIpc) is 3.12. The van der Waals surface area contributed by atoms with Crippen molar-refractivity contribution in [2.75, 3.05) is 10.2 Å². The summed E-state index contributed by atoms with van der Waals surface area (Å²) in [6.45, 7) is 5.36. The van der Waals surface area contributed by atoms with Crippen molar-refractivity contribution in [2.45, 2.75) is 32.9 Å². The van der Waals surface area contributed by atoms with Gasteiger partial charge < -0.3 is 15.4 Å². The molecule has 1 heterocycles. The van der Waals surface area contributed by atoms with Crippen LogP contribution < -0.4 is 15.5 Å². The molecule has 1 unspecified atom stereocenters. The molecule has 9 heteroatoms. The van der Waals surface area contributed by atoms with Gasteiger partial charge in [0.1, 0.15) is 10.7 Å². The van der Waals surface area contributed by atoms with Gasteiger partial charge in [-0.1, -0.05) is 48.0 Å². The summed E-state index contributed by atoms with van der Waals surface area (Å²) < 4.78 is 5.16. The first-order chi connectivity index (χ1) is 18.2. The number of esters is 1. The normalized spacial score (nSPS) is 14.1. The second-order valence-electron chi connectivity index (χ2n) is 8.95. The first-order valence-corrected chi connectivity index (χ1v) is 12.4. The van der Waals surface area contributed by atoms with E-state index in [2.05, 4.69) is 10.6 Å². The quantitative estimate of drug-likeness (QED) is 0.306. The third-order valence-electron chi connectivity index (χ3n) is 5.77. The number of nitrogens with one attached hydrogen (secondary N) is 2. The van der Waals surface area contributed by atoms with Crippen molar-refractivity contribution >= 4 is 46.7 Å². The van der Waals surface area contributed by atoms with Gasteiger partial charge in [-0.15, -0.1) is 0 Å². The zero-order chi connectivity index (χ0) is 27.4. The molecule has 3 aromatic rings. The molecule has 3 aromatic carbocycles. The summed E-state index contributed by atoms with van der Waals surface area (Å²) in [7, 11) is 0. The predicted molar refractivity (Wildman–Crippen MR) is 145 cm³/mol. The first-order valence-electron chi connectivity index (χ1n) is 12.0. The summed E-state index contributed by atoms with van der Waals surface area (Å²) in [5.41, 5.74) is 2.16. The van der Waals surface area contributed by atoms with Crippen molar-refractivity contribution in [2.24, 2.45) is 0 Å². The second kappa shape index (κ2) is 11.3. The Morgan fingerprint density at radius 3 is 2.18 bits per heavy atom. The fourth-order valence-corrected chi connectivity index (χ4v) is 4.07. The Labute approximate surface area is 225 Å². The van der Waals surface area contributed by atoms with E-state index in [9.17, 15) is 19.2 Å². The standard InChI is InChI=1S/C29H26ClN3O5/c1-17(2)38-29(37)20-12-14-23(15-13-20)33-27(35)24(30)25(28(33)36)32-22-11-7-10-21(16-22)26(34)31-18(3)19-8-5-4-6-9-19/h4-18,32H,1-3H3,(H,31,34). The molecule has 4 rings (SSSR count). The van der Waals surface area contributed by atoms with Crippen LogP contribution in [0.4, 0.5) is 11.4 Å². The molecule has 2 N–H and O–H groups in total. The third kappa shape index (κ3) is 5.76. The van der Waals surface area contributed by atoms with Crippen LogP contribution in [0.3, 0.4) is 0 Å². The maximum absolute atomic E-state index is 13.1. The molecule has 1 aliphatic heterocycles. The zero-order valence-corrected chi connectivity index (χ0v) is 21.8. The molecule has 3 amide bonds. The molecule has 38 heavy (non-hydrogen) atoms. The van der Waals surface area contributed by atoms with E-state index in [0.717, 1.165) is 10.5 Å². The third-order valence-corrected chi connectivity index (χ3v) is 6.12. The topological polar surface area (TPSA) is 105 Å². The van der Waals surface area contributed by atoms with E-state index in [4.69, 9.17) is 16.3 Å². The maximum Gasteiger partial charge on any atom is 0.338 e. The Kier molecular flexibility index (Phi) is 7.93. The lowest BCUT2D eigenvalue weighted by atomic mass is 10.1. The van der Waals surface area contributed by atoms with Crippen LogP contribution in [0.25, 0.3) is 0 Å². The average molecular weight is 532 g/mol. The lowest BCUT2D eigenvalue weighted by Crippen LogP contribution is -2.32. The van der Waals surface area contributed by atoms with Crippen LogP contribution in [0.15, 0.2) is 89.6 Å². The molecule has 0 radical (unpaired) electrons. The fourth-order valence-electron chi connectivity index (χ4n) is 3.86. The number of nitrogens with zero attached hydrogens (tertiary/aromatic N) is 1. The molecular weight excluding hydrogens is 506 g/mol. The van der Waals surface area contributed by atoms with E-state index in [1.165, 1.54) is 24.3 Å². The van der Waals surface area contributed by atoms with Crippen molar-refractivity contribution in [3.8, 4) is 0 Å². The number of ether oxygens (including phenoxy) is 1. The van der Waals surface area contributed by atoms with E-state index >= 15 is 0 Å². The number of halogens is 1. The second-order valence-corrected chi connectivity index (χ2v) is 9.33. The van der Waals surface area contributed by atoms with Gasteiger partial charge >= 0.3 is 5.97 Å². The smallest absolute Gasteiger partial charge is 0.338 e. The van der Waals surface area contributed by atoms with Crippen LogP contribution in [0, 0.1) is 0 Å². The fraction of sp³-hybridized carbons (Fsp3) is 0.172. The highest BCUT2D eigenvalue weighted by Gasteiger charge is 2.39. The van der Waals surface area contributed by atoms with Crippen LogP contribution in [0.5, 0.6) is 0 Å². The largest absolute Gasteiger partial charge is 0.459 e. The zero-order valence-electron chi connectivity index (χ0n) is 21.0. The van der Waals surface area contributed by atoms with E-state index in [0.29, 0.717) is 11.3 Å². The van der Waals surface area contributed by atoms with Gasteiger partial charge in [-0.2, -0.15) is 0 Å². The Morgan fingerprint density at radius 1 is 0.842 bits per heavy atom. The number of hydrogen-bond acceptors (Lipinski definition) is 6. The lowest BCUT2D eigenvalue weighted by molar-refractivity contribution is -0.120. The Hall–Kier alpha value is -4.43. The highest BCUT2D eigenvalue weighted by molar-refractivity contribution is 6.53. The Bertz CT molecular complexity index is 1420.